The average Bonchev–Trinajstić information content (AvgIpc) is 2.96. The molecular formula is C17H13BrN2O2S. The average molecular weight is 389 g/mol. The van der Waals surface area contributed by atoms with Gasteiger partial charge in [-0.3, -0.25) is 4.79 Å². The fourth-order valence-electron chi connectivity index (χ4n) is 2.63. The molecule has 6 heteroatoms. The largest absolute Gasteiger partial charge is 0.463 e. The molecule has 4 rings (SSSR count). The van der Waals surface area contributed by atoms with Crippen molar-refractivity contribution in [3.05, 3.63) is 58.1 Å². The van der Waals surface area contributed by atoms with E-state index in [1.54, 1.807) is 6.26 Å². The van der Waals surface area contributed by atoms with Crippen molar-refractivity contribution in [3.8, 4) is 11.5 Å². The van der Waals surface area contributed by atoms with Crippen LogP contribution >= 0.6 is 27.3 Å². The van der Waals surface area contributed by atoms with E-state index in [2.05, 4.69) is 38.4 Å². The van der Waals surface area contributed by atoms with Crippen LogP contribution in [0.4, 0.5) is 5.13 Å². The zero-order valence-corrected chi connectivity index (χ0v) is 14.4. The number of nitrogens with one attached hydrogen (secondary N) is 1. The van der Waals surface area contributed by atoms with Gasteiger partial charge < -0.3 is 9.73 Å². The highest BCUT2D eigenvalue weighted by molar-refractivity contribution is 9.10. The normalized spacial score (nSPS) is 19.5. The molecule has 0 aliphatic heterocycles. The van der Waals surface area contributed by atoms with E-state index in [1.807, 2.05) is 29.6 Å². The molecule has 2 heterocycles. The molecule has 0 radical (unpaired) electrons. The number of amides is 1. The lowest BCUT2D eigenvalue weighted by molar-refractivity contribution is -0.117. The molecule has 116 valence electrons. The summed E-state index contributed by atoms with van der Waals surface area (Å²) in [7, 11) is 0. The van der Waals surface area contributed by atoms with E-state index < -0.39 is 0 Å². The molecule has 2 atom stereocenters. The van der Waals surface area contributed by atoms with Crippen molar-refractivity contribution in [1.29, 1.82) is 0 Å². The first-order valence-electron chi connectivity index (χ1n) is 7.26. The molecular weight excluding hydrogens is 376 g/mol. The van der Waals surface area contributed by atoms with E-state index in [-0.39, 0.29) is 11.8 Å². The second kappa shape index (κ2) is 5.94. The van der Waals surface area contributed by atoms with Crippen LogP contribution in [0, 0.1) is 5.92 Å². The first kappa shape index (κ1) is 14.7. The number of furan rings is 1. The third-order valence-electron chi connectivity index (χ3n) is 3.93. The molecule has 23 heavy (non-hydrogen) atoms. The van der Waals surface area contributed by atoms with Gasteiger partial charge in [0.2, 0.25) is 5.91 Å². The van der Waals surface area contributed by atoms with E-state index in [4.69, 9.17) is 4.42 Å². The zero-order valence-electron chi connectivity index (χ0n) is 12.0. The smallest absolute Gasteiger partial charge is 0.229 e. The summed E-state index contributed by atoms with van der Waals surface area (Å²) in [6.07, 6.45) is 2.50. The Hall–Kier alpha value is -1.92. The lowest BCUT2D eigenvalue weighted by Gasteiger charge is -2.02. The van der Waals surface area contributed by atoms with Crippen LogP contribution in [-0.2, 0) is 4.79 Å². The molecule has 1 amide bonds. The predicted octanol–water partition coefficient (Wildman–Crippen LogP) is 4.91. The fourth-order valence-corrected chi connectivity index (χ4v) is 3.60. The Bertz CT molecular complexity index is 827. The minimum atomic E-state index is 0.0344. The summed E-state index contributed by atoms with van der Waals surface area (Å²) in [5.41, 5.74) is 1.96. The van der Waals surface area contributed by atoms with Gasteiger partial charge in [0.05, 0.1) is 6.26 Å². The Labute approximate surface area is 145 Å². The third kappa shape index (κ3) is 3.09. The highest BCUT2D eigenvalue weighted by Gasteiger charge is 2.44. The summed E-state index contributed by atoms with van der Waals surface area (Å²) in [5, 5.41) is 5.41. The first-order chi connectivity index (χ1) is 11.2. The number of hydrogen-bond acceptors (Lipinski definition) is 4. The number of benzene rings is 1. The molecule has 2 unspecified atom stereocenters. The number of rotatable bonds is 4. The maximum Gasteiger partial charge on any atom is 0.229 e. The third-order valence-corrected chi connectivity index (χ3v) is 5.22. The quantitative estimate of drug-likeness (QED) is 0.690. The van der Waals surface area contributed by atoms with Gasteiger partial charge in [-0.1, -0.05) is 28.1 Å². The lowest BCUT2D eigenvalue weighted by Crippen LogP contribution is -2.14. The van der Waals surface area contributed by atoms with E-state index in [9.17, 15) is 4.79 Å². The molecule has 0 saturated heterocycles. The van der Waals surface area contributed by atoms with Crippen molar-refractivity contribution < 1.29 is 9.21 Å². The maximum absolute atomic E-state index is 12.3. The maximum atomic E-state index is 12.3. The van der Waals surface area contributed by atoms with E-state index >= 15 is 0 Å². The van der Waals surface area contributed by atoms with Gasteiger partial charge in [-0.05, 0) is 42.2 Å². The number of nitrogens with zero attached hydrogens (tertiary/aromatic N) is 1. The van der Waals surface area contributed by atoms with Crippen LogP contribution in [0.15, 0.2) is 56.9 Å². The van der Waals surface area contributed by atoms with E-state index in [0.29, 0.717) is 16.8 Å². The summed E-state index contributed by atoms with van der Waals surface area (Å²) < 4.78 is 6.36. The summed E-state index contributed by atoms with van der Waals surface area (Å²) in [6, 6.07) is 11.8. The number of halogens is 1. The van der Waals surface area contributed by atoms with Crippen molar-refractivity contribution >= 4 is 38.3 Å². The summed E-state index contributed by atoms with van der Waals surface area (Å²) in [4.78, 5) is 16.7. The second-order valence-corrected chi connectivity index (χ2v) is 7.28. The summed E-state index contributed by atoms with van der Waals surface area (Å²) in [6.45, 7) is 0. The number of aromatic nitrogens is 1. The van der Waals surface area contributed by atoms with Crippen LogP contribution in [0.1, 0.15) is 17.9 Å². The molecule has 1 N–H and O–H groups in total. The molecule has 0 bridgehead atoms. The van der Waals surface area contributed by atoms with Gasteiger partial charge in [-0.2, -0.15) is 0 Å². The van der Waals surface area contributed by atoms with E-state index in [1.165, 1.54) is 16.9 Å². The summed E-state index contributed by atoms with van der Waals surface area (Å²) >= 11 is 4.84. The van der Waals surface area contributed by atoms with Crippen molar-refractivity contribution in [1.82, 2.24) is 4.98 Å². The predicted molar refractivity (Wildman–Crippen MR) is 93.4 cm³/mol. The number of anilines is 1. The minimum Gasteiger partial charge on any atom is -0.463 e. The molecule has 1 aromatic carbocycles. The molecule has 1 aliphatic carbocycles. The number of carbonyl (C=O) groups excluding carboxylic acids is 1. The van der Waals surface area contributed by atoms with E-state index in [0.717, 1.165) is 16.6 Å². The highest BCUT2D eigenvalue weighted by atomic mass is 79.9. The standard InChI is InChI=1S/C17H13BrN2O2S/c18-11-5-3-10(4-6-11)12-8-13(12)16(21)20-17-19-14(9-23-17)15-2-1-7-22-15/h1-7,9,12-13H,8H2,(H,19,20,21). The van der Waals surface area contributed by atoms with Gasteiger partial charge >= 0.3 is 0 Å². The van der Waals surface area contributed by atoms with Crippen molar-refractivity contribution in [2.24, 2.45) is 5.92 Å². The number of carbonyl (C=O) groups is 1. The Morgan fingerprint density at radius 1 is 1.30 bits per heavy atom. The topological polar surface area (TPSA) is 55.1 Å². The van der Waals surface area contributed by atoms with Crippen LogP contribution < -0.4 is 5.32 Å². The highest BCUT2D eigenvalue weighted by Crippen LogP contribution is 2.48. The Balaban J connectivity index is 1.40. The molecule has 4 nitrogen and oxygen atoms in total. The van der Waals surface area contributed by atoms with Gasteiger partial charge in [0.1, 0.15) is 5.69 Å². The monoisotopic (exact) mass is 388 g/mol. The molecule has 0 spiro atoms. The van der Waals surface area contributed by atoms with Gasteiger partial charge in [0.15, 0.2) is 10.9 Å². The molecule has 1 aliphatic rings. The van der Waals surface area contributed by atoms with Crippen LogP contribution in [0.3, 0.4) is 0 Å². The molecule has 1 fully saturated rings. The van der Waals surface area contributed by atoms with Gasteiger partial charge in [-0.15, -0.1) is 11.3 Å². The Kier molecular flexibility index (Phi) is 3.79. The summed E-state index contributed by atoms with van der Waals surface area (Å²) in [5.74, 6) is 1.10. The Morgan fingerprint density at radius 3 is 2.87 bits per heavy atom. The first-order valence-corrected chi connectivity index (χ1v) is 8.94. The zero-order chi connectivity index (χ0) is 15.8. The van der Waals surface area contributed by atoms with Crippen LogP contribution in [0.5, 0.6) is 0 Å². The number of hydrogen-bond donors (Lipinski definition) is 1. The van der Waals surface area contributed by atoms with Gasteiger partial charge in [0.25, 0.3) is 0 Å². The van der Waals surface area contributed by atoms with Gasteiger partial charge in [0, 0.05) is 15.8 Å². The molecule has 2 aromatic heterocycles. The van der Waals surface area contributed by atoms with Crippen molar-refractivity contribution in [3.63, 3.8) is 0 Å². The lowest BCUT2D eigenvalue weighted by atomic mass is 10.1. The molecule has 3 aromatic rings. The fraction of sp³-hybridized carbons (Fsp3) is 0.176. The van der Waals surface area contributed by atoms with Crippen LogP contribution in [-0.4, -0.2) is 10.9 Å². The minimum absolute atomic E-state index is 0.0344. The molecule has 1 saturated carbocycles. The SMILES string of the molecule is O=C(Nc1nc(-c2ccco2)cs1)C1CC1c1ccc(Br)cc1. The van der Waals surface area contributed by atoms with Crippen molar-refractivity contribution in [2.75, 3.05) is 5.32 Å². The van der Waals surface area contributed by atoms with Crippen molar-refractivity contribution in [2.45, 2.75) is 12.3 Å². The van der Waals surface area contributed by atoms with Crippen LogP contribution in [0.2, 0.25) is 0 Å². The Morgan fingerprint density at radius 2 is 2.13 bits per heavy atom. The number of thiazole rings is 1. The van der Waals surface area contributed by atoms with Gasteiger partial charge in [-0.25, -0.2) is 4.98 Å². The van der Waals surface area contributed by atoms with Crippen LogP contribution in [0.25, 0.3) is 11.5 Å². The second-order valence-electron chi connectivity index (χ2n) is 5.50.